The Hall–Kier alpha value is -5.58. The lowest BCUT2D eigenvalue weighted by Crippen LogP contribution is -2.28. The summed E-state index contributed by atoms with van der Waals surface area (Å²) in [5.41, 5.74) is 7.86. The maximum absolute atomic E-state index is 7.03. The van der Waals surface area contributed by atoms with Crippen LogP contribution in [-0.4, -0.2) is 13.9 Å². The molecular formula is C44H39BO3. The van der Waals surface area contributed by atoms with Gasteiger partial charge in [-0.15, -0.1) is 0 Å². The van der Waals surface area contributed by atoms with Crippen LogP contribution >= 0.6 is 0 Å². The van der Waals surface area contributed by atoms with Crippen LogP contribution in [-0.2, 0) is 14.0 Å². The van der Waals surface area contributed by atoms with E-state index in [0.29, 0.717) is 18.1 Å². The van der Waals surface area contributed by atoms with E-state index in [-0.39, 0.29) is 0 Å². The molecule has 6 aromatic carbocycles. The van der Waals surface area contributed by atoms with Gasteiger partial charge >= 0.3 is 7.32 Å². The van der Waals surface area contributed by atoms with E-state index in [4.69, 9.17) is 14.0 Å². The summed E-state index contributed by atoms with van der Waals surface area (Å²) >= 11 is 0. The van der Waals surface area contributed by atoms with Gasteiger partial charge in [-0.1, -0.05) is 195 Å². The van der Waals surface area contributed by atoms with Gasteiger partial charge in [0.15, 0.2) is 0 Å². The molecule has 0 bridgehead atoms. The molecule has 0 heterocycles. The molecule has 6 rings (SSSR count). The van der Waals surface area contributed by atoms with E-state index in [2.05, 4.69) is 128 Å². The van der Waals surface area contributed by atoms with E-state index in [1.54, 1.807) is 0 Å². The molecule has 48 heavy (non-hydrogen) atoms. The summed E-state index contributed by atoms with van der Waals surface area (Å²) in [7, 11) is -1.06. The molecule has 0 amide bonds. The molecule has 4 heteroatoms. The maximum Gasteiger partial charge on any atom is 0.788 e. The van der Waals surface area contributed by atoms with Gasteiger partial charge in [0.05, 0.1) is 0 Å². The Morgan fingerprint density at radius 3 is 0.938 bits per heavy atom. The van der Waals surface area contributed by atoms with Crippen molar-refractivity contribution in [2.45, 2.75) is 19.8 Å². The first-order chi connectivity index (χ1) is 23.8. The lowest BCUT2D eigenvalue weighted by atomic mass is 9.93. The predicted molar refractivity (Wildman–Crippen MR) is 199 cm³/mol. The van der Waals surface area contributed by atoms with E-state index < -0.39 is 7.32 Å². The first kappa shape index (κ1) is 32.4. The number of hydrogen-bond donors (Lipinski definition) is 0. The van der Waals surface area contributed by atoms with Gasteiger partial charge < -0.3 is 14.0 Å². The van der Waals surface area contributed by atoms with Crippen LogP contribution in [0.2, 0.25) is 0 Å². The van der Waals surface area contributed by atoms with Crippen LogP contribution in [0.4, 0.5) is 0 Å². The van der Waals surface area contributed by atoms with Crippen LogP contribution in [0.5, 0.6) is 0 Å². The van der Waals surface area contributed by atoms with Crippen LogP contribution in [0.3, 0.4) is 0 Å². The first-order valence-corrected chi connectivity index (χ1v) is 16.6. The molecule has 236 valence electrons. The highest BCUT2D eigenvalue weighted by molar-refractivity contribution is 6.40. The topological polar surface area (TPSA) is 27.7 Å². The summed E-state index contributed by atoms with van der Waals surface area (Å²) in [4.78, 5) is 0. The van der Waals surface area contributed by atoms with Gasteiger partial charge in [0.2, 0.25) is 0 Å². The highest BCUT2D eigenvalue weighted by atomic mass is 16.7. The lowest BCUT2D eigenvalue weighted by molar-refractivity contribution is 0.178. The highest BCUT2D eigenvalue weighted by Crippen LogP contribution is 2.37. The van der Waals surface area contributed by atoms with Crippen molar-refractivity contribution in [1.82, 2.24) is 0 Å². The van der Waals surface area contributed by atoms with E-state index >= 15 is 0 Å². The first-order valence-electron chi connectivity index (χ1n) is 16.6. The van der Waals surface area contributed by atoms with E-state index in [9.17, 15) is 0 Å². The molecular weight excluding hydrogens is 587 g/mol. The van der Waals surface area contributed by atoms with Crippen LogP contribution < -0.4 is 0 Å². The summed E-state index contributed by atoms with van der Waals surface area (Å²) in [6, 6.07) is 61.8. The van der Waals surface area contributed by atoms with Crippen molar-refractivity contribution in [3.8, 4) is 0 Å². The molecule has 0 unspecified atom stereocenters. The summed E-state index contributed by atoms with van der Waals surface area (Å²) < 4.78 is 20.6. The van der Waals surface area contributed by atoms with Gasteiger partial charge in [-0.05, 0) is 28.7 Å². The second-order valence-corrected chi connectivity index (χ2v) is 11.4. The Morgan fingerprint density at radius 2 is 0.667 bits per heavy atom. The molecule has 0 N–H and O–H groups in total. The summed E-state index contributed by atoms with van der Waals surface area (Å²) in [5.74, 6) is 1.34. The smallest absolute Gasteiger partial charge is 0.500 e. The number of hydrogen-bond acceptors (Lipinski definition) is 3. The Labute approximate surface area is 285 Å². The minimum absolute atomic E-state index is 0.476. The molecule has 3 nitrogen and oxygen atoms in total. The molecule has 0 atom stereocenters. The summed E-state index contributed by atoms with van der Waals surface area (Å²) in [6.07, 6.45) is 1.85. The Balaban J connectivity index is 1.56. The SMILES string of the molecule is CCCCOB(OC(=C(c1ccccc1)c1ccccc1)c1ccccc1)OC(=C(c1ccccc1)c1ccccc1)c1ccccc1. The van der Waals surface area contributed by atoms with Crippen LogP contribution in [0.1, 0.15) is 53.1 Å². The third-order valence-corrected chi connectivity index (χ3v) is 7.96. The zero-order chi connectivity index (χ0) is 32.8. The molecule has 0 spiro atoms. The fraction of sp³-hybridized carbons (Fsp3) is 0.0909. The van der Waals surface area contributed by atoms with Gasteiger partial charge in [-0.3, -0.25) is 0 Å². The van der Waals surface area contributed by atoms with Gasteiger partial charge in [0, 0.05) is 28.9 Å². The van der Waals surface area contributed by atoms with Gasteiger partial charge in [-0.25, -0.2) is 0 Å². The van der Waals surface area contributed by atoms with Gasteiger partial charge in [0.25, 0.3) is 0 Å². The summed E-state index contributed by atoms with van der Waals surface area (Å²) in [5, 5.41) is 0. The number of rotatable bonds is 14. The molecule has 6 aromatic rings. The van der Waals surface area contributed by atoms with Crippen molar-refractivity contribution in [2.24, 2.45) is 0 Å². The largest absolute Gasteiger partial charge is 0.788 e. The van der Waals surface area contributed by atoms with Crippen LogP contribution in [0, 0.1) is 0 Å². The summed E-state index contributed by atoms with van der Waals surface area (Å²) in [6.45, 7) is 2.62. The predicted octanol–water partition coefficient (Wildman–Crippen LogP) is 11.1. The standard InChI is InChI=1S/C44H39BO3/c1-2-3-34-46-45(47-43(39-30-18-8-19-31-39)41(35-22-10-4-11-23-35)36-24-12-5-13-25-36)48-44(40-32-20-9-21-33-40)42(37-26-14-6-15-27-37)38-28-16-7-17-29-38/h4-33H,2-3,34H2,1H3. The fourth-order valence-electron chi connectivity index (χ4n) is 5.61. The highest BCUT2D eigenvalue weighted by Gasteiger charge is 2.33. The zero-order valence-corrected chi connectivity index (χ0v) is 27.2. The molecule has 0 fully saturated rings. The quantitative estimate of drug-likeness (QED) is 0.0521. The minimum Gasteiger partial charge on any atom is -0.500 e. The minimum atomic E-state index is -1.06. The third-order valence-electron chi connectivity index (χ3n) is 7.96. The Kier molecular flexibility index (Phi) is 11.3. The Morgan fingerprint density at radius 1 is 0.396 bits per heavy atom. The van der Waals surface area contributed by atoms with Crippen LogP contribution in [0.15, 0.2) is 182 Å². The zero-order valence-electron chi connectivity index (χ0n) is 27.2. The number of unbranched alkanes of at least 4 members (excludes halogenated alkanes) is 1. The van der Waals surface area contributed by atoms with E-state index in [1.807, 2.05) is 60.7 Å². The fourth-order valence-corrected chi connectivity index (χ4v) is 5.61. The second-order valence-electron chi connectivity index (χ2n) is 11.4. The van der Waals surface area contributed by atoms with Gasteiger partial charge in [0.1, 0.15) is 11.5 Å². The monoisotopic (exact) mass is 626 g/mol. The van der Waals surface area contributed by atoms with Crippen LogP contribution in [0.25, 0.3) is 22.7 Å². The molecule has 0 aliphatic carbocycles. The molecule has 0 aromatic heterocycles. The van der Waals surface area contributed by atoms with Crippen molar-refractivity contribution in [3.05, 3.63) is 215 Å². The molecule has 0 saturated heterocycles. The van der Waals surface area contributed by atoms with Crippen molar-refractivity contribution in [3.63, 3.8) is 0 Å². The molecule has 0 aliphatic heterocycles. The number of benzene rings is 6. The normalized spacial score (nSPS) is 10.5. The molecule has 0 radical (unpaired) electrons. The second kappa shape index (κ2) is 16.8. The van der Waals surface area contributed by atoms with Crippen molar-refractivity contribution in [1.29, 1.82) is 0 Å². The Bertz CT molecular complexity index is 1670. The lowest BCUT2D eigenvalue weighted by Gasteiger charge is -2.25. The average Bonchev–Trinajstić information content (AvgIpc) is 3.16. The third kappa shape index (κ3) is 8.22. The van der Waals surface area contributed by atoms with E-state index in [1.165, 1.54) is 0 Å². The van der Waals surface area contributed by atoms with Gasteiger partial charge in [-0.2, -0.15) is 0 Å². The average molecular weight is 627 g/mol. The van der Waals surface area contributed by atoms with E-state index in [0.717, 1.165) is 57.4 Å². The van der Waals surface area contributed by atoms with Crippen molar-refractivity contribution in [2.75, 3.05) is 6.61 Å². The molecule has 0 saturated carbocycles. The van der Waals surface area contributed by atoms with Crippen molar-refractivity contribution >= 4 is 30.0 Å². The van der Waals surface area contributed by atoms with Crippen molar-refractivity contribution < 1.29 is 14.0 Å². The molecule has 0 aliphatic rings. The maximum atomic E-state index is 7.03.